The van der Waals surface area contributed by atoms with Crippen LogP contribution in [0.25, 0.3) is 0 Å². The summed E-state index contributed by atoms with van der Waals surface area (Å²) in [6, 6.07) is 33.1. The molecule has 4 aromatic rings. The van der Waals surface area contributed by atoms with Gasteiger partial charge in [0.1, 0.15) is 16.6 Å². The first-order chi connectivity index (χ1) is 19.5. The average molecular weight is 532 g/mol. The summed E-state index contributed by atoms with van der Waals surface area (Å²) in [5.74, 6) is -1.52. The van der Waals surface area contributed by atoms with Crippen molar-refractivity contribution >= 4 is 23.3 Å². The fourth-order valence-corrected chi connectivity index (χ4v) is 6.59. The summed E-state index contributed by atoms with van der Waals surface area (Å²) in [5, 5.41) is 0. The van der Waals surface area contributed by atoms with Crippen molar-refractivity contribution in [3.63, 3.8) is 0 Å². The number of esters is 1. The highest BCUT2D eigenvalue weighted by Gasteiger charge is 2.90. The monoisotopic (exact) mass is 531 g/mol. The standard InChI is InChI=1S/C34H29NO5/c1-3-40-32(38)33(25-14-8-5-9-15-25)30(29(36)24-18-20-26(39-2)21-19-24)34(33)27-16-10-11-17-28(27)35(31(34)37)22-23-12-6-4-7-13-23/h4-21,30H,3,22H2,1-2H3/t30-,33+,34?/m1/s1. The molecule has 40 heavy (non-hydrogen) atoms. The number of ketones is 1. The lowest BCUT2D eigenvalue weighted by molar-refractivity contribution is -0.148. The van der Waals surface area contributed by atoms with E-state index in [2.05, 4.69) is 0 Å². The SMILES string of the molecule is CCOC(=O)[C@]1(c2ccccc2)[C@@H](C(=O)c2ccc(OC)cc2)C12C(=O)N(Cc1ccccc1)c1ccccc12. The Labute approximate surface area is 233 Å². The third kappa shape index (κ3) is 3.45. The van der Waals surface area contributed by atoms with Gasteiger partial charge in [-0.3, -0.25) is 14.4 Å². The van der Waals surface area contributed by atoms with Gasteiger partial charge in [-0.05, 0) is 53.9 Å². The molecule has 1 unspecified atom stereocenters. The first-order valence-electron chi connectivity index (χ1n) is 13.4. The first-order valence-corrected chi connectivity index (χ1v) is 13.4. The lowest BCUT2D eigenvalue weighted by atomic mass is 9.82. The number of carbonyl (C=O) groups excluding carboxylic acids is 3. The summed E-state index contributed by atoms with van der Waals surface area (Å²) < 4.78 is 11.0. The highest BCUT2D eigenvalue weighted by atomic mass is 16.5. The van der Waals surface area contributed by atoms with E-state index in [4.69, 9.17) is 9.47 Å². The number of fused-ring (bicyclic) bond motifs is 2. The molecule has 1 spiro atoms. The Balaban J connectivity index is 1.59. The van der Waals surface area contributed by atoms with Crippen molar-refractivity contribution in [2.24, 2.45) is 5.92 Å². The predicted octanol–water partition coefficient (Wildman–Crippen LogP) is 5.49. The fourth-order valence-electron chi connectivity index (χ4n) is 6.59. The van der Waals surface area contributed by atoms with Gasteiger partial charge < -0.3 is 14.4 Å². The summed E-state index contributed by atoms with van der Waals surface area (Å²) in [5.41, 5.74) is 0.320. The summed E-state index contributed by atoms with van der Waals surface area (Å²) >= 11 is 0. The fraction of sp³-hybridized carbons (Fsp3) is 0.206. The maximum Gasteiger partial charge on any atom is 0.318 e. The van der Waals surface area contributed by atoms with Crippen LogP contribution in [0.3, 0.4) is 0 Å². The molecule has 4 aromatic carbocycles. The van der Waals surface area contributed by atoms with Crippen LogP contribution in [0.15, 0.2) is 109 Å². The van der Waals surface area contributed by atoms with Crippen molar-refractivity contribution in [1.82, 2.24) is 0 Å². The van der Waals surface area contributed by atoms with E-state index in [-0.39, 0.29) is 18.3 Å². The van der Waals surface area contributed by atoms with Crippen molar-refractivity contribution in [3.8, 4) is 5.75 Å². The van der Waals surface area contributed by atoms with E-state index in [9.17, 15) is 14.4 Å². The molecule has 0 aromatic heterocycles. The predicted molar refractivity (Wildman–Crippen MR) is 151 cm³/mol. The van der Waals surface area contributed by atoms with E-state index in [1.165, 1.54) is 0 Å². The molecule has 1 fully saturated rings. The molecule has 6 rings (SSSR count). The number of amides is 1. The van der Waals surface area contributed by atoms with Crippen LogP contribution < -0.4 is 9.64 Å². The number of benzene rings is 4. The van der Waals surface area contributed by atoms with Crippen LogP contribution in [0.2, 0.25) is 0 Å². The molecular formula is C34H29NO5. The number of hydrogen-bond acceptors (Lipinski definition) is 5. The van der Waals surface area contributed by atoms with Gasteiger partial charge >= 0.3 is 5.97 Å². The van der Waals surface area contributed by atoms with Gasteiger partial charge in [0.25, 0.3) is 0 Å². The number of Topliss-reactive ketones (excluding diaryl/α,β-unsaturated/α-hetero) is 1. The van der Waals surface area contributed by atoms with Crippen molar-refractivity contribution in [3.05, 3.63) is 131 Å². The van der Waals surface area contributed by atoms with Crippen molar-refractivity contribution in [2.75, 3.05) is 18.6 Å². The van der Waals surface area contributed by atoms with Gasteiger partial charge in [0.05, 0.1) is 26.2 Å². The summed E-state index contributed by atoms with van der Waals surface area (Å²) in [4.78, 5) is 45.2. The molecule has 6 nitrogen and oxygen atoms in total. The molecule has 2 aliphatic rings. The normalized spacial score (nSPS) is 22.6. The van der Waals surface area contributed by atoms with E-state index in [1.807, 2.05) is 84.9 Å². The quantitative estimate of drug-likeness (QED) is 0.222. The number of anilines is 1. The molecule has 1 aliphatic heterocycles. The molecule has 0 radical (unpaired) electrons. The second kappa shape index (κ2) is 9.79. The lowest BCUT2D eigenvalue weighted by Gasteiger charge is -2.22. The van der Waals surface area contributed by atoms with Crippen molar-refractivity contribution in [2.45, 2.75) is 24.3 Å². The van der Waals surface area contributed by atoms with Crippen molar-refractivity contribution < 1.29 is 23.9 Å². The molecule has 6 heteroatoms. The molecule has 0 N–H and O–H groups in total. The minimum atomic E-state index is -1.53. The zero-order valence-corrected chi connectivity index (χ0v) is 22.4. The van der Waals surface area contributed by atoms with Crippen LogP contribution in [0, 0.1) is 5.92 Å². The van der Waals surface area contributed by atoms with Gasteiger partial charge in [-0.1, -0.05) is 78.9 Å². The first kappa shape index (κ1) is 25.6. The average Bonchev–Trinajstić information content (AvgIpc) is 3.59. The van der Waals surface area contributed by atoms with Gasteiger partial charge in [-0.15, -0.1) is 0 Å². The Morgan fingerprint density at radius 3 is 2.10 bits per heavy atom. The molecule has 1 aliphatic carbocycles. The van der Waals surface area contributed by atoms with E-state index in [0.717, 1.165) is 5.56 Å². The summed E-state index contributed by atoms with van der Waals surface area (Å²) in [6.45, 7) is 2.17. The number of ether oxygens (including phenoxy) is 2. The number of hydrogen-bond donors (Lipinski definition) is 0. The van der Waals surface area contributed by atoms with E-state index in [0.29, 0.717) is 34.7 Å². The van der Waals surface area contributed by atoms with Gasteiger partial charge in [0.15, 0.2) is 5.78 Å². The highest BCUT2D eigenvalue weighted by molar-refractivity contribution is 6.25. The highest BCUT2D eigenvalue weighted by Crippen LogP contribution is 2.75. The topological polar surface area (TPSA) is 72.9 Å². The van der Waals surface area contributed by atoms with E-state index in [1.54, 1.807) is 43.2 Å². The van der Waals surface area contributed by atoms with Crippen LogP contribution in [0.4, 0.5) is 5.69 Å². The molecule has 1 heterocycles. The Bertz CT molecular complexity index is 1580. The van der Waals surface area contributed by atoms with E-state index < -0.39 is 22.7 Å². The summed E-state index contributed by atoms with van der Waals surface area (Å²) in [7, 11) is 1.56. The van der Waals surface area contributed by atoms with Gasteiger partial charge in [0.2, 0.25) is 5.91 Å². The number of methoxy groups -OCH3 is 1. The number of nitrogens with zero attached hydrogens (tertiary/aromatic N) is 1. The Kier molecular flexibility index (Phi) is 6.26. The number of para-hydroxylation sites is 1. The smallest absolute Gasteiger partial charge is 0.318 e. The van der Waals surface area contributed by atoms with Crippen LogP contribution >= 0.6 is 0 Å². The second-order valence-corrected chi connectivity index (χ2v) is 10.1. The maximum atomic E-state index is 14.8. The van der Waals surface area contributed by atoms with Gasteiger partial charge in [-0.25, -0.2) is 0 Å². The minimum absolute atomic E-state index is 0.122. The van der Waals surface area contributed by atoms with Gasteiger partial charge in [-0.2, -0.15) is 0 Å². The minimum Gasteiger partial charge on any atom is -0.497 e. The van der Waals surface area contributed by atoms with Crippen LogP contribution in [0.1, 0.15) is 34.0 Å². The largest absolute Gasteiger partial charge is 0.497 e. The zero-order chi connectivity index (χ0) is 27.9. The number of carbonyl (C=O) groups is 3. The third-order valence-electron chi connectivity index (χ3n) is 8.25. The summed E-state index contributed by atoms with van der Waals surface area (Å²) in [6.07, 6.45) is 0. The third-order valence-corrected chi connectivity index (χ3v) is 8.25. The lowest BCUT2D eigenvalue weighted by Crippen LogP contribution is -2.40. The molecule has 1 saturated carbocycles. The molecule has 1 amide bonds. The van der Waals surface area contributed by atoms with Crippen LogP contribution in [-0.4, -0.2) is 31.4 Å². The Hall–Kier alpha value is -4.71. The Morgan fingerprint density at radius 2 is 1.45 bits per heavy atom. The molecular weight excluding hydrogens is 502 g/mol. The Morgan fingerprint density at radius 1 is 0.825 bits per heavy atom. The van der Waals surface area contributed by atoms with Crippen LogP contribution in [0.5, 0.6) is 5.75 Å². The van der Waals surface area contributed by atoms with Crippen LogP contribution in [-0.2, 0) is 31.7 Å². The molecule has 0 bridgehead atoms. The number of rotatable bonds is 8. The molecule has 0 saturated heterocycles. The van der Waals surface area contributed by atoms with Gasteiger partial charge in [0, 0.05) is 11.3 Å². The molecule has 200 valence electrons. The zero-order valence-electron chi connectivity index (χ0n) is 22.4. The maximum absolute atomic E-state index is 14.8. The second-order valence-electron chi connectivity index (χ2n) is 10.1. The van der Waals surface area contributed by atoms with Crippen molar-refractivity contribution in [1.29, 1.82) is 0 Å². The van der Waals surface area contributed by atoms with E-state index >= 15 is 0 Å². The molecule has 3 atom stereocenters.